The van der Waals surface area contributed by atoms with Gasteiger partial charge in [0, 0.05) is 23.0 Å². The molecule has 0 aromatic rings. The van der Waals surface area contributed by atoms with Gasteiger partial charge in [-0.05, 0) is 30.9 Å². The third-order valence-electron chi connectivity index (χ3n) is 2.47. The molecule has 1 atom stereocenters. The van der Waals surface area contributed by atoms with Gasteiger partial charge in [0.1, 0.15) is 0 Å². The average Bonchev–Trinajstić information content (AvgIpc) is 2.43. The monoisotopic (exact) mass is 300 g/mol. The molecule has 0 bridgehead atoms. The molecule has 0 aromatic carbocycles. The van der Waals surface area contributed by atoms with Crippen molar-refractivity contribution in [3.63, 3.8) is 0 Å². The maximum absolute atomic E-state index is 11.3. The molecule has 0 aromatic heterocycles. The number of ketones is 1. The van der Waals surface area contributed by atoms with Gasteiger partial charge in [-0.3, -0.25) is 4.79 Å². The van der Waals surface area contributed by atoms with E-state index in [2.05, 4.69) is 32.1 Å². The van der Waals surface area contributed by atoms with Gasteiger partial charge in [0.2, 0.25) is 0 Å². The molecule has 0 saturated carbocycles. The number of hydrogen-bond donors (Lipinski definition) is 0. The van der Waals surface area contributed by atoms with Gasteiger partial charge in [0.25, 0.3) is 0 Å². The van der Waals surface area contributed by atoms with Gasteiger partial charge in [0.05, 0.1) is 0 Å². The smallest absolute Gasteiger partial charge is 0 e. The topological polar surface area (TPSA) is 76.8 Å². The molecule has 4 nitrogen and oxygen atoms in total. The quantitative estimate of drug-likeness (QED) is 0.438. The summed E-state index contributed by atoms with van der Waals surface area (Å²) in [7, 11) is 0. The zero-order valence-electron chi connectivity index (χ0n) is 10.1. The summed E-state index contributed by atoms with van der Waals surface area (Å²) < 4.78 is 22.5. The van der Waals surface area contributed by atoms with Gasteiger partial charge in [-0.25, -0.2) is 0 Å². The second-order valence-corrected chi connectivity index (χ2v) is 3.38. The van der Waals surface area contributed by atoms with Crippen LogP contribution in [0.25, 0.3) is 0 Å². The first-order chi connectivity index (χ1) is 8.86. The fourth-order valence-electron chi connectivity index (χ4n) is 1.63. The molecular weight excluding hydrogens is 288 g/mol. The van der Waals surface area contributed by atoms with E-state index in [1.165, 1.54) is 5.57 Å². The van der Waals surface area contributed by atoms with Gasteiger partial charge in [-0.1, -0.05) is 24.3 Å². The molecule has 0 fully saturated rings. The van der Waals surface area contributed by atoms with Gasteiger partial charge in [0.15, 0.2) is 5.78 Å². The van der Waals surface area contributed by atoms with Crippen molar-refractivity contribution >= 4 is 5.78 Å². The summed E-state index contributed by atoms with van der Waals surface area (Å²) in [4.78, 5) is 11.3. The van der Waals surface area contributed by atoms with Crippen LogP contribution in [0.2, 0.25) is 0 Å². The number of allylic oxidation sites excluding steroid dienone is 6. The summed E-state index contributed by atoms with van der Waals surface area (Å²) >= 11 is 0. The van der Waals surface area contributed by atoms with Crippen molar-refractivity contribution in [3.8, 4) is 0 Å². The van der Waals surface area contributed by atoms with E-state index in [-0.39, 0.29) is 23.0 Å². The van der Waals surface area contributed by atoms with Crippen LogP contribution in [-0.4, -0.2) is 5.78 Å². The minimum Gasteiger partial charge on any atom is 0 e. The first-order valence-electron chi connectivity index (χ1n) is 5.05. The maximum atomic E-state index is 11.3. The Morgan fingerprint density at radius 2 is 1.63 bits per heavy atom. The number of carbonyl (C=O) groups is 1. The Morgan fingerprint density at radius 1 is 1.11 bits per heavy atom. The van der Waals surface area contributed by atoms with Gasteiger partial charge in [-0.2, -0.15) is 0 Å². The normalized spacial score (nSPS) is 17.3. The minimum atomic E-state index is 0. The zero-order chi connectivity index (χ0) is 14.4. The van der Waals surface area contributed by atoms with E-state index in [9.17, 15) is 4.79 Å². The maximum Gasteiger partial charge on any atom is 0 e. The van der Waals surface area contributed by atoms with Crippen molar-refractivity contribution in [2.24, 2.45) is 5.92 Å². The van der Waals surface area contributed by atoms with Crippen LogP contribution in [0.3, 0.4) is 0 Å². The molecule has 19 heavy (non-hydrogen) atoms. The number of carbonyl (C=O) groups excluding carboxylic acids is 1. The van der Waals surface area contributed by atoms with E-state index >= 15 is 0 Å². The fraction of sp³-hybridized carbons (Fsp3) is 0.286. The van der Waals surface area contributed by atoms with Crippen LogP contribution < -0.4 is 0 Å². The van der Waals surface area contributed by atoms with Crippen molar-refractivity contribution in [1.82, 2.24) is 0 Å². The summed E-state index contributed by atoms with van der Waals surface area (Å²) in [5.74, 6) is 0.564. The van der Waals surface area contributed by atoms with Gasteiger partial charge in [-0.15, -0.1) is 0 Å². The predicted molar refractivity (Wildman–Crippen MR) is 60.5 cm³/mol. The number of rotatable bonds is 2. The van der Waals surface area contributed by atoms with Crippen LogP contribution in [0.15, 0.2) is 36.0 Å². The van der Waals surface area contributed by atoms with Gasteiger partial charge >= 0.3 is 33.9 Å². The molecule has 2 aliphatic carbocycles. The van der Waals surface area contributed by atoms with Gasteiger partial charge < -0.3 is 0 Å². The Hall–Kier alpha value is -1.37. The molecule has 0 N–H and O–H groups in total. The van der Waals surface area contributed by atoms with E-state index in [0.29, 0.717) is 5.78 Å². The van der Waals surface area contributed by atoms with E-state index < -0.39 is 0 Å². The second-order valence-electron chi connectivity index (χ2n) is 3.38. The molecule has 0 spiro atoms. The van der Waals surface area contributed by atoms with Crippen molar-refractivity contribution < 1.29 is 35.8 Å². The Balaban J connectivity index is -0.000000325. The summed E-state index contributed by atoms with van der Waals surface area (Å²) in [5.41, 5.74) is 1.32. The molecule has 1 unspecified atom stereocenters. The molecule has 0 saturated heterocycles. The Bertz CT molecular complexity index is 385. The number of hydrogen-bond acceptors (Lipinski definition) is 1. The standard InChI is InChI=1S/C11H12O.3CO.Fe/c12-11-7-2-1-6-10(11)8-9-4-3-5-9;3*1-2;/h2-5,7,10H,1,6,8H2;;;;. The SMILES string of the molecule is O=C1C=CCCC1CC1=CC=C1.[C-]#[O+].[C-]#[O+].[C-]#[O+].[Fe]. The first kappa shape index (κ1) is 22.8. The molecular formula is C14H12FeO4. The summed E-state index contributed by atoms with van der Waals surface area (Å²) in [6, 6.07) is 0. The summed E-state index contributed by atoms with van der Waals surface area (Å²) in [5, 5.41) is 0. The summed E-state index contributed by atoms with van der Waals surface area (Å²) in [6.07, 6.45) is 12.9. The second kappa shape index (κ2) is 16.6. The van der Waals surface area contributed by atoms with Crippen LogP contribution in [0.4, 0.5) is 0 Å². The molecule has 0 amide bonds. The first-order valence-corrected chi connectivity index (χ1v) is 5.05. The Kier molecular flexibility index (Phi) is 19.9. The Labute approximate surface area is 123 Å². The minimum absolute atomic E-state index is 0. The molecule has 2 rings (SSSR count). The van der Waals surface area contributed by atoms with Crippen LogP contribution in [0.5, 0.6) is 0 Å². The fourth-order valence-corrected chi connectivity index (χ4v) is 1.63. The molecule has 5 heteroatoms. The van der Waals surface area contributed by atoms with Crippen LogP contribution in [0.1, 0.15) is 19.3 Å². The molecule has 100 valence electrons. The van der Waals surface area contributed by atoms with Crippen LogP contribution in [-0.2, 0) is 35.8 Å². The molecule has 0 aliphatic heterocycles. The Morgan fingerprint density at radius 3 is 2.00 bits per heavy atom. The third kappa shape index (κ3) is 9.24. The van der Waals surface area contributed by atoms with E-state index in [1.807, 2.05) is 12.2 Å². The summed E-state index contributed by atoms with van der Waals surface area (Å²) in [6.45, 7) is 13.5. The van der Waals surface area contributed by atoms with Crippen molar-refractivity contribution in [1.29, 1.82) is 0 Å². The van der Waals surface area contributed by atoms with Crippen molar-refractivity contribution in [2.45, 2.75) is 19.3 Å². The van der Waals surface area contributed by atoms with E-state index in [0.717, 1.165) is 19.3 Å². The van der Waals surface area contributed by atoms with Crippen molar-refractivity contribution in [2.75, 3.05) is 0 Å². The molecule has 0 radical (unpaired) electrons. The van der Waals surface area contributed by atoms with E-state index in [4.69, 9.17) is 14.0 Å². The average molecular weight is 300 g/mol. The van der Waals surface area contributed by atoms with Crippen LogP contribution >= 0.6 is 0 Å². The van der Waals surface area contributed by atoms with Crippen LogP contribution in [0, 0.1) is 25.9 Å². The van der Waals surface area contributed by atoms with E-state index in [1.54, 1.807) is 6.08 Å². The molecule has 0 heterocycles. The predicted octanol–water partition coefficient (Wildman–Crippen LogP) is 2.29. The molecule has 2 aliphatic rings. The third-order valence-corrected chi connectivity index (χ3v) is 2.47. The van der Waals surface area contributed by atoms with Crippen molar-refractivity contribution in [3.05, 3.63) is 55.9 Å². The zero-order valence-corrected chi connectivity index (χ0v) is 11.2. The largest absolute Gasteiger partial charge is 0 e.